The van der Waals surface area contributed by atoms with Crippen molar-refractivity contribution < 1.29 is 0 Å². The fourth-order valence-corrected chi connectivity index (χ4v) is 2.80. The van der Waals surface area contributed by atoms with Gasteiger partial charge in [0.25, 0.3) is 0 Å². The molecule has 0 aromatic carbocycles. The van der Waals surface area contributed by atoms with Crippen LogP contribution < -0.4 is 5.32 Å². The van der Waals surface area contributed by atoms with E-state index in [4.69, 9.17) is 0 Å². The van der Waals surface area contributed by atoms with Crippen LogP contribution in [0.3, 0.4) is 0 Å². The second-order valence-electron chi connectivity index (χ2n) is 7.42. The quantitative estimate of drug-likeness (QED) is 0.601. The third-order valence-electron chi connectivity index (χ3n) is 4.11. The van der Waals surface area contributed by atoms with Gasteiger partial charge < -0.3 is 10.2 Å². The minimum absolute atomic E-state index is 0.416. The summed E-state index contributed by atoms with van der Waals surface area (Å²) in [4.78, 5) is 2.77. The molecule has 2 rings (SSSR count). The second-order valence-corrected chi connectivity index (χ2v) is 7.42. The molecule has 2 aliphatic rings. The molecule has 0 saturated heterocycles. The molecule has 0 aromatic rings. The van der Waals surface area contributed by atoms with Crippen LogP contribution >= 0.6 is 0 Å². The van der Waals surface area contributed by atoms with Gasteiger partial charge in [0, 0.05) is 26.2 Å². The van der Waals surface area contributed by atoms with Crippen LogP contribution in [0.4, 0.5) is 0 Å². The molecule has 2 aliphatic carbocycles. The molecule has 2 nitrogen and oxygen atoms in total. The summed E-state index contributed by atoms with van der Waals surface area (Å²) >= 11 is 0. The van der Waals surface area contributed by atoms with E-state index in [1.54, 1.807) is 0 Å². The maximum absolute atomic E-state index is 3.59. The number of hydrogen-bond donors (Lipinski definition) is 1. The molecule has 2 heteroatoms. The van der Waals surface area contributed by atoms with E-state index in [-0.39, 0.29) is 0 Å². The van der Waals surface area contributed by atoms with Gasteiger partial charge in [0.15, 0.2) is 0 Å². The largest absolute Gasteiger partial charge is 0.316 e. The molecular formula is C16H32N2. The van der Waals surface area contributed by atoms with Gasteiger partial charge in [0.1, 0.15) is 0 Å². The highest BCUT2D eigenvalue weighted by atomic mass is 15.1. The van der Waals surface area contributed by atoms with Crippen molar-refractivity contribution in [2.24, 2.45) is 17.3 Å². The molecular weight excluding hydrogens is 220 g/mol. The lowest BCUT2D eigenvalue weighted by molar-refractivity contribution is 0.163. The highest BCUT2D eigenvalue weighted by Crippen LogP contribution is 2.34. The van der Waals surface area contributed by atoms with E-state index in [1.165, 1.54) is 51.7 Å². The summed E-state index contributed by atoms with van der Waals surface area (Å²) in [7, 11) is 0. The van der Waals surface area contributed by atoms with Crippen LogP contribution in [0.15, 0.2) is 0 Å². The monoisotopic (exact) mass is 252 g/mol. The molecule has 0 unspecified atom stereocenters. The lowest BCUT2D eigenvalue weighted by atomic mass is 9.92. The third kappa shape index (κ3) is 5.71. The van der Waals surface area contributed by atoms with Gasteiger partial charge in [0.2, 0.25) is 0 Å². The Bertz CT molecular complexity index is 227. The van der Waals surface area contributed by atoms with Gasteiger partial charge in [-0.2, -0.15) is 0 Å². The molecule has 0 radical (unpaired) electrons. The summed E-state index contributed by atoms with van der Waals surface area (Å²) in [6, 6.07) is 0. The van der Waals surface area contributed by atoms with E-state index >= 15 is 0 Å². The van der Waals surface area contributed by atoms with Gasteiger partial charge in [-0.05, 0) is 55.9 Å². The maximum Gasteiger partial charge on any atom is 0.00451 e. The molecule has 0 atom stereocenters. The van der Waals surface area contributed by atoms with Crippen molar-refractivity contribution >= 4 is 0 Å². The fraction of sp³-hybridized carbons (Fsp3) is 1.00. The Morgan fingerprint density at radius 3 is 2.06 bits per heavy atom. The number of hydrogen-bond acceptors (Lipinski definition) is 2. The first-order valence-electron chi connectivity index (χ1n) is 8.02. The molecule has 2 fully saturated rings. The molecule has 0 heterocycles. The summed E-state index contributed by atoms with van der Waals surface area (Å²) in [6.07, 6.45) is 7.17. The van der Waals surface area contributed by atoms with Crippen molar-refractivity contribution in [2.75, 3.05) is 32.7 Å². The fourth-order valence-electron chi connectivity index (χ4n) is 2.80. The summed E-state index contributed by atoms with van der Waals surface area (Å²) in [5, 5.41) is 3.59. The molecule has 0 spiro atoms. The van der Waals surface area contributed by atoms with E-state index in [2.05, 4.69) is 31.0 Å². The van der Waals surface area contributed by atoms with E-state index in [1.807, 2.05) is 0 Å². The van der Waals surface area contributed by atoms with Crippen LogP contribution in [-0.4, -0.2) is 37.6 Å². The van der Waals surface area contributed by atoms with Gasteiger partial charge in [-0.3, -0.25) is 0 Å². The van der Waals surface area contributed by atoms with E-state index in [9.17, 15) is 0 Å². The summed E-state index contributed by atoms with van der Waals surface area (Å²) in [6.45, 7) is 13.4. The first kappa shape index (κ1) is 14.3. The van der Waals surface area contributed by atoms with Crippen molar-refractivity contribution in [3.63, 3.8) is 0 Å². The SMILES string of the molecule is CCCNCC(C)(C)CN(CC1CC1)CC1CC1. The molecule has 0 aromatic heterocycles. The zero-order valence-corrected chi connectivity index (χ0v) is 12.7. The topological polar surface area (TPSA) is 15.3 Å². The highest BCUT2D eigenvalue weighted by Gasteiger charge is 2.31. The predicted octanol–water partition coefficient (Wildman–Crippen LogP) is 3.13. The molecule has 0 bridgehead atoms. The first-order valence-corrected chi connectivity index (χ1v) is 8.02. The van der Waals surface area contributed by atoms with E-state index in [0.29, 0.717) is 5.41 Å². The van der Waals surface area contributed by atoms with Crippen LogP contribution in [-0.2, 0) is 0 Å². The van der Waals surface area contributed by atoms with Crippen molar-refractivity contribution in [1.82, 2.24) is 10.2 Å². The molecule has 2 saturated carbocycles. The number of nitrogens with one attached hydrogen (secondary N) is 1. The van der Waals surface area contributed by atoms with Crippen molar-refractivity contribution in [3.05, 3.63) is 0 Å². The third-order valence-corrected chi connectivity index (χ3v) is 4.11. The number of nitrogens with zero attached hydrogens (tertiary/aromatic N) is 1. The van der Waals surface area contributed by atoms with Gasteiger partial charge in [-0.25, -0.2) is 0 Å². The Kier molecular flexibility index (Phi) is 5.08. The molecule has 0 aliphatic heterocycles. The van der Waals surface area contributed by atoms with Crippen LogP contribution in [0, 0.1) is 17.3 Å². The second kappa shape index (κ2) is 6.38. The average molecular weight is 252 g/mol. The standard InChI is InChI=1S/C16H32N2/c1-4-9-17-12-16(2,3)13-18(10-14-5-6-14)11-15-7-8-15/h14-15,17H,4-13H2,1-3H3. The van der Waals surface area contributed by atoms with Crippen LogP contribution in [0.5, 0.6) is 0 Å². The Morgan fingerprint density at radius 2 is 1.61 bits per heavy atom. The minimum atomic E-state index is 0.416. The first-order chi connectivity index (χ1) is 8.59. The van der Waals surface area contributed by atoms with E-state index < -0.39 is 0 Å². The van der Waals surface area contributed by atoms with Crippen molar-refractivity contribution in [2.45, 2.75) is 52.9 Å². The lowest BCUT2D eigenvalue weighted by Gasteiger charge is -2.33. The molecule has 0 amide bonds. The summed E-state index contributed by atoms with van der Waals surface area (Å²) in [5.41, 5.74) is 0.416. The lowest BCUT2D eigenvalue weighted by Crippen LogP contribution is -2.42. The van der Waals surface area contributed by atoms with Crippen LogP contribution in [0.25, 0.3) is 0 Å². The van der Waals surface area contributed by atoms with Crippen molar-refractivity contribution in [1.29, 1.82) is 0 Å². The molecule has 18 heavy (non-hydrogen) atoms. The minimum Gasteiger partial charge on any atom is -0.316 e. The summed E-state index contributed by atoms with van der Waals surface area (Å²) < 4.78 is 0. The van der Waals surface area contributed by atoms with Crippen LogP contribution in [0.2, 0.25) is 0 Å². The Labute approximate surface area is 114 Å². The smallest absolute Gasteiger partial charge is 0.00451 e. The molecule has 106 valence electrons. The Morgan fingerprint density at radius 1 is 1.06 bits per heavy atom. The molecule has 1 N–H and O–H groups in total. The zero-order chi connectivity index (χ0) is 13.0. The normalized spacial score (nSPS) is 20.7. The van der Waals surface area contributed by atoms with Gasteiger partial charge in [0.05, 0.1) is 0 Å². The average Bonchev–Trinajstić information content (AvgIpc) is 3.13. The Balaban J connectivity index is 1.73. The highest BCUT2D eigenvalue weighted by molar-refractivity contribution is 4.85. The van der Waals surface area contributed by atoms with Crippen LogP contribution in [0.1, 0.15) is 52.9 Å². The predicted molar refractivity (Wildman–Crippen MR) is 78.8 cm³/mol. The maximum atomic E-state index is 3.59. The Hall–Kier alpha value is -0.0800. The zero-order valence-electron chi connectivity index (χ0n) is 12.7. The van der Waals surface area contributed by atoms with Gasteiger partial charge >= 0.3 is 0 Å². The van der Waals surface area contributed by atoms with E-state index in [0.717, 1.165) is 24.9 Å². The van der Waals surface area contributed by atoms with Gasteiger partial charge in [-0.15, -0.1) is 0 Å². The van der Waals surface area contributed by atoms with Gasteiger partial charge in [-0.1, -0.05) is 20.8 Å². The van der Waals surface area contributed by atoms with Crippen molar-refractivity contribution in [3.8, 4) is 0 Å². The summed E-state index contributed by atoms with van der Waals surface area (Å²) in [5.74, 6) is 2.06. The number of rotatable bonds is 10.